The lowest BCUT2D eigenvalue weighted by atomic mass is 10.4. The van der Waals surface area contributed by atoms with Crippen molar-refractivity contribution >= 4 is 27.4 Å². The Kier molecular flexibility index (Phi) is 4.46. The molecule has 0 aliphatic heterocycles. The SMILES string of the molecule is CCNc1ccc([N+](=O)[O-])c(Oc2cncc(Br)c2)n1. The third kappa shape index (κ3) is 3.41. The van der Waals surface area contributed by atoms with E-state index in [0.29, 0.717) is 22.6 Å². The van der Waals surface area contributed by atoms with Crippen LogP contribution < -0.4 is 10.1 Å². The molecule has 1 N–H and O–H groups in total. The van der Waals surface area contributed by atoms with Gasteiger partial charge in [0.05, 0.1) is 11.1 Å². The number of anilines is 1. The third-order valence-corrected chi connectivity index (χ3v) is 2.72. The Morgan fingerprint density at radius 3 is 2.90 bits per heavy atom. The van der Waals surface area contributed by atoms with Gasteiger partial charge in [0.15, 0.2) is 0 Å². The van der Waals surface area contributed by atoms with E-state index in [-0.39, 0.29) is 11.6 Å². The molecule has 0 aromatic carbocycles. The minimum atomic E-state index is -0.538. The largest absolute Gasteiger partial charge is 0.432 e. The van der Waals surface area contributed by atoms with Gasteiger partial charge in [-0.1, -0.05) is 0 Å². The Labute approximate surface area is 123 Å². The van der Waals surface area contributed by atoms with Crippen LogP contribution in [0.25, 0.3) is 0 Å². The van der Waals surface area contributed by atoms with Crippen LogP contribution in [0.1, 0.15) is 6.92 Å². The van der Waals surface area contributed by atoms with Crippen molar-refractivity contribution in [3.63, 3.8) is 0 Å². The standard InChI is InChI=1S/C12H11BrN4O3/c1-2-15-11-4-3-10(17(18)19)12(16-11)20-9-5-8(13)6-14-7-9/h3-7H,2H2,1H3,(H,15,16). The van der Waals surface area contributed by atoms with Gasteiger partial charge < -0.3 is 10.1 Å². The molecule has 8 heteroatoms. The van der Waals surface area contributed by atoms with Gasteiger partial charge in [0, 0.05) is 23.3 Å². The predicted molar refractivity (Wildman–Crippen MR) is 77.1 cm³/mol. The van der Waals surface area contributed by atoms with Crippen molar-refractivity contribution < 1.29 is 9.66 Å². The molecule has 0 fully saturated rings. The van der Waals surface area contributed by atoms with E-state index in [0.717, 1.165) is 0 Å². The number of nitro groups is 1. The number of aromatic nitrogens is 2. The average Bonchev–Trinajstić information content (AvgIpc) is 2.39. The summed E-state index contributed by atoms with van der Waals surface area (Å²) in [4.78, 5) is 18.5. The van der Waals surface area contributed by atoms with E-state index in [1.807, 2.05) is 6.92 Å². The fourth-order valence-electron chi connectivity index (χ4n) is 1.49. The van der Waals surface area contributed by atoms with Gasteiger partial charge in [-0.15, -0.1) is 0 Å². The first-order valence-electron chi connectivity index (χ1n) is 5.78. The molecule has 7 nitrogen and oxygen atoms in total. The zero-order chi connectivity index (χ0) is 14.5. The summed E-state index contributed by atoms with van der Waals surface area (Å²) in [6.45, 7) is 2.56. The number of hydrogen-bond acceptors (Lipinski definition) is 6. The van der Waals surface area contributed by atoms with E-state index in [4.69, 9.17) is 4.74 Å². The smallest absolute Gasteiger partial charge is 0.331 e. The third-order valence-electron chi connectivity index (χ3n) is 2.29. The summed E-state index contributed by atoms with van der Waals surface area (Å²) < 4.78 is 6.16. The molecule has 0 amide bonds. The summed E-state index contributed by atoms with van der Waals surface area (Å²) in [6, 6.07) is 4.54. The molecule has 0 saturated carbocycles. The van der Waals surface area contributed by atoms with Crippen molar-refractivity contribution in [2.75, 3.05) is 11.9 Å². The van der Waals surface area contributed by atoms with Crippen LogP contribution in [0, 0.1) is 10.1 Å². The maximum absolute atomic E-state index is 11.0. The topological polar surface area (TPSA) is 90.2 Å². The molecule has 2 heterocycles. The van der Waals surface area contributed by atoms with Crippen molar-refractivity contribution in [2.45, 2.75) is 6.92 Å². The van der Waals surface area contributed by atoms with Crippen LogP contribution >= 0.6 is 15.9 Å². The zero-order valence-corrected chi connectivity index (χ0v) is 12.1. The van der Waals surface area contributed by atoms with Gasteiger partial charge in [0.2, 0.25) is 0 Å². The first-order chi connectivity index (χ1) is 9.60. The van der Waals surface area contributed by atoms with Gasteiger partial charge in [-0.3, -0.25) is 15.1 Å². The first kappa shape index (κ1) is 14.2. The second kappa shape index (κ2) is 6.29. The zero-order valence-electron chi connectivity index (χ0n) is 10.5. The quantitative estimate of drug-likeness (QED) is 0.663. The molecule has 0 aliphatic carbocycles. The van der Waals surface area contributed by atoms with Gasteiger partial charge in [-0.05, 0) is 35.0 Å². The molecule has 2 aromatic heterocycles. The number of nitrogens with zero attached hydrogens (tertiary/aromatic N) is 3. The van der Waals surface area contributed by atoms with Crippen LogP contribution in [0.15, 0.2) is 35.1 Å². The lowest BCUT2D eigenvalue weighted by Crippen LogP contribution is -2.02. The van der Waals surface area contributed by atoms with Crippen LogP contribution in [0.2, 0.25) is 0 Å². The van der Waals surface area contributed by atoms with Crippen molar-refractivity contribution in [1.82, 2.24) is 9.97 Å². The van der Waals surface area contributed by atoms with Crippen molar-refractivity contribution in [2.24, 2.45) is 0 Å². The highest BCUT2D eigenvalue weighted by Gasteiger charge is 2.18. The highest BCUT2D eigenvalue weighted by atomic mass is 79.9. The lowest BCUT2D eigenvalue weighted by Gasteiger charge is -2.07. The van der Waals surface area contributed by atoms with E-state index < -0.39 is 4.92 Å². The van der Waals surface area contributed by atoms with Crippen LogP contribution in [0.5, 0.6) is 11.6 Å². The number of halogens is 1. The lowest BCUT2D eigenvalue weighted by molar-refractivity contribution is -0.386. The molecule has 2 rings (SSSR count). The molecular weight excluding hydrogens is 328 g/mol. The van der Waals surface area contributed by atoms with Gasteiger partial charge in [-0.25, -0.2) is 0 Å². The summed E-state index contributed by atoms with van der Waals surface area (Å²) >= 11 is 3.25. The van der Waals surface area contributed by atoms with Crippen molar-refractivity contribution in [1.29, 1.82) is 0 Å². The maximum Gasteiger partial charge on any atom is 0.331 e. The van der Waals surface area contributed by atoms with Gasteiger partial charge in [-0.2, -0.15) is 4.98 Å². The van der Waals surface area contributed by atoms with E-state index in [1.165, 1.54) is 18.3 Å². The first-order valence-corrected chi connectivity index (χ1v) is 6.57. The highest BCUT2D eigenvalue weighted by molar-refractivity contribution is 9.10. The van der Waals surface area contributed by atoms with Crippen LogP contribution in [-0.2, 0) is 0 Å². The molecule has 2 aromatic rings. The van der Waals surface area contributed by atoms with E-state index >= 15 is 0 Å². The van der Waals surface area contributed by atoms with Gasteiger partial charge in [0.25, 0.3) is 0 Å². The predicted octanol–water partition coefficient (Wildman–Crippen LogP) is 3.37. The van der Waals surface area contributed by atoms with Crippen LogP contribution in [-0.4, -0.2) is 21.4 Å². The summed E-state index contributed by atoms with van der Waals surface area (Å²) in [5.74, 6) is 0.799. The van der Waals surface area contributed by atoms with Crippen LogP contribution in [0.4, 0.5) is 11.5 Å². The minimum absolute atomic E-state index is 0.0756. The summed E-state index contributed by atoms with van der Waals surface area (Å²) in [6.07, 6.45) is 3.04. The molecule has 0 saturated heterocycles. The maximum atomic E-state index is 11.0. The fraction of sp³-hybridized carbons (Fsp3) is 0.167. The second-order valence-corrected chi connectivity index (χ2v) is 4.66. The van der Waals surface area contributed by atoms with E-state index in [1.54, 1.807) is 12.3 Å². The summed E-state index contributed by atoms with van der Waals surface area (Å²) in [7, 11) is 0. The van der Waals surface area contributed by atoms with E-state index in [9.17, 15) is 10.1 Å². The second-order valence-electron chi connectivity index (χ2n) is 3.75. The highest BCUT2D eigenvalue weighted by Crippen LogP contribution is 2.31. The Morgan fingerprint density at radius 1 is 1.45 bits per heavy atom. The fourth-order valence-corrected chi connectivity index (χ4v) is 1.83. The Morgan fingerprint density at radius 2 is 2.25 bits per heavy atom. The number of rotatable bonds is 5. The number of nitrogens with one attached hydrogen (secondary N) is 1. The summed E-state index contributed by atoms with van der Waals surface area (Å²) in [5.41, 5.74) is -0.202. The average molecular weight is 339 g/mol. The van der Waals surface area contributed by atoms with E-state index in [2.05, 4.69) is 31.2 Å². The van der Waals surface area contributed by atoms with Crippen LogP contribution in [0.3, 0.4) is 0 Å². The molecule has 0 spiro atoms. The van der Waals surface area contributed by atoms with Gasteiger partial charge in [0.1, 0.15) is 11.6 Å². The number of ether oxygens (including phenoxy) is 1. The molecule has 0 unspecified atom stereocenters. The molecule has 20 heavy (non-hydrogen) atoms. The Balaban J connectivity index is 2.36. The summed E-state index contributed by atoms with van der Waals surface area (Å²) in [5, 5.41) is 14.0. The molecule has 0 aliphatic rings. The van der Waals surface area contributed by atoms with Crippen molar-refractivity contribution in [3.8, 4) is 11.6 Å². The Bertz CT molecular complexity index is 636. The number of pyridine rings is 2. The normalized spacial score (nSPS) is 10.1. The molecule has 104 valence electrons. The Hall–Kier alpha value is -2.22. The van der Waals surface area contributed by atoms with Gasteiger partial charge >= 0.3 is 11.6 Å². The molecule has 0 bridgehead atoms. The van der Waals surface area contributed by atoms with Crippen molar-refractivity contribution in [3.05, 3.63) is 45.2 Å². The molecular formula is C12H11BrN4O3. The molecule has 0 atom stereocenters. The number of hydrogen-bond donors (Lipinski definition) is 1. The molecule has 0 radical (unpaired) electrons. The minimum Gasteiger partial charge on any atom is -0.432 e. The monoisotopic (exact) mass is 338 g/mol.